The van der Waals surface area contributed by atoms with Crippen molar-refractivity contribution in [2.75, 3.05) is 20.1 Å². The maximum atomic E-state index is 12.6. The third-order valence-corrected chi connectivity index (χ3v) is 5.39. The summed E-state index contributed by atoms with van der Waals surface area (Å²) in [5.74, 6) is 1.77. The van der Waals surface area contributed by atoms with Crippen molar-refractivity contribution in [1.29, 1.82) is 0 Å². The zero-order valence-corrected chi connectivity index (χ0v) is 15.5. The Morgan fingerprint density at radius 1 is 1.50 bits per heavy atom. The fraction of sp³-hybridized carbons (Fsp3) is 0.588. The summed E-state index contributed by atoms with van der Waals surface area (Å²) in [5, 5.41) is 8.02. The van der Waals surface area contributed by atoms with Crippen LogP contribution in [0.15, 0.2) is 15.3 Å². The average molecular weight is 348 g/mol. The highest BCUT2D eigenvalue weighted by atomic mass is 32.1. The monoisotopic (exact) mass is 348 g/mol. The van der Waals surface area contributed by atoms with Gasteiger partial charge in [0.1, 0.15) is 0 Å². The van der Waals surface area contributed by atoms with E-state index in [2.05, 4.69) is 22.1 Å². The maximum Gasteiger partial charge on any atom is 0.255 e. The van der Waals surface area contributed by atoms with Gasteiger partial charge in [0.25, 0.3) is 5.91 Å². The lowest BCUT2D eigenvalue weighted by atomic mass is 10.2. The molecule has 7 heteroatoms. The first kappa shape index (κ1) is 17.1. The van der Waals surface area contributed by atoms with Crippen LogP contribution in [0.4, 0.5) is 0 Å². The van der Waals surface area contributed by atoms with Crippen LogP contribution in [0.3, 0.4) is 0 Å². The van der Waals surface area contributed by atoms with Gasteiger partial charge >= 0.3 is 0 Å². The van der Waals surface area contributed by atoms with E-state index in [0.29, 0.717) is 24.3 Å². The van der Waals surface area contributed by atoms with Crippen LogP contribution in [0.5, 0.6) is 0 Å². The van der Waals surface area contributed by atoms with Crippen molar-refractivity contribution in [1.82, 2.24) is 19.9 Å². The summed E-state index contributed by atoms with van der Waals surface area (Å²) in [6.45, 7) is 8.25. The summed E-state index contributed by atoms with van der Waals surface area (Å²) in [6.07, 6.45) is 0.973. The third kappa shape index (κ3) is 3.52. The van der Waals surface area contributed by atoms with Gasteiger partial charge in [0.2, 0.25) is 5.89 Å². The van der Waals surface area contributed by atoms with Crippen LogP contribution < -0.4 is 0 Å². The second kappa shape index (κ2) is 7.03. The highest BCUT2D eigenvalue weighted by Crippen LogP contribution is 2.22. The first-order valence-corrected chi connectivity index (χ1v) is 9.24. The number of amides is 1. The molecule has 6 nitrogen and oxygen atoms in total. The van der Waals surface area contributed by atoms with Gasteiger partial charge in [-0.3, -0.25) is 9.69 Å². The standard InChI is InChI=1S/C17H24N4O2S/c1-11(2)16-18-15(19-23-16)8-20(4)13-5-6-21(7-13)17(22)14-10-24-9-12(14)3/h9-11,13H,5-8H2,1-4H3/t13-/m0/s1. The van der Waals surface area contributed by atoms with Crippen LogP contribution in [0.25, 0.3) is 0 Å². The summed E-state index contributed by atoms with van der Waals surface area (Å²) in [5.41, 5.74) is 1.90. The van der Waals surface area contributed by atoms with Gasteiger partial charge in [0.15, 0.2) is 5.82 Å². The number of hydrogen-bond acceptors (Lipinski definition) is 6. The van der Waals surface area contributed by atoms with Crippen LogP contribution in [0, 0.1) is 6.92 Å². The number of thiophene rings is 1. The molecule has 1 atom stereocenters. The molecule has 3 heterocycles. The van der Waals surface area contributed by atoms with Gasteiger partial charge in [-0.05, 0) is 31.3 Å². The predicted molar refractivity (Wildman–Crippen MR) is 93.2 cm³/mol. The highest BCUT2D eigenvalue weighted by molar-refractivity contribution is 7.08. The number of nitrogens with zero attached hydrogens (tertiary/aromatic N) is 4. The molecule has 2 aromatic rings. The molecule has 0 aromatic carbocycles. The molecular weight excluding hydrogens is 324 g/mol. The molecule has 130 valence electrons. The summed E-state index contributed by atoms with van der Waals surface area (Å²) in [7, 11) is 2.06. The first-order valence-electron chi connectivity index (χ1n) is 8.30. The molecular formula is C17H24N4O2S. The van der Waals surface area contributed by atoms with Crippen molar-refractivity contribution >= 4 is 17.2 Å². The van der Waals surface area contributed by atoms with Crippen LogP contribution in [0.2, 0.25) is 0 Å². The van der Waals surface area contributed by atoms with Crippen LogP contribution in [0.1, 0.15) is 53.8 Å². The van der Waals surface area contributed by atoms with Crippen molar-refractivity contribution in [2.24, 2.45) is 0 Å². The number of aromatic nitrogens is 2. The number of rotatable bonds is 5. The second-order valence-corrected chi connectivity index (χ2v) is 7.52. The number of likely N-dealkylation sites (N-methyl/N-ethyl adjacent to an activating group) is 1. The van der Waals surface area contributed by atoms with Gasteiger partial charge in [0, 0.05) is 30.4 Å². The van der Waals surface area contributed by atoms with Gasteiger partial charge < -0.3 is 9.42 Å². The van der Waals surface area contributed by atoms with Crippen LogP contribution in [-0.2, 0) is 6.54 Å². The Labute approximate surface area is 146 Å². The summed E-state index contributed by atoms with van der Waals surface area (Å²) in [6, 6.07) is 0.328. The molecule has 3 rings (SSSR count). The predicted octanol–water partition coefficient (Wildman–Crippen LogP) is 2.91. The Hall–Kier alpha value is -1.73. The molecule has 0 spiro atoms. The maximum absolute atomic E-state index is 12.6. The Balaban J connectivity index is 1.58. The van der Waals surface area contributed by atoms with Gasteiger partial charge in [-0.25, -0.2) is 0 Å². The minimum absolute atomic E-state index is 0.145. The van der Waals surface area contributed by atoms with E-state index in [1.807, 2.05) is 36.4 Å². The largest absolute Gasteiger partial charge is 0.339 e. The third-order valence-electron chi connectivity index (χ3n) is 4.53. The quantitative estimate of drug-likeness (QED) is 0.831. The zero-order valence-electron chi connectivity index (χ0n) is 14.7. The number of hydrogen-bond donors (Lipinski definition) is 0. The molecule has 1 saturated heterocycles. The van der Waals surface area contributed by atoms with E-state index in [1.54, 1.807) is 11.3 Å². The molecule has 0 unspecified atom stereocenters. The number of carbonyl (C=O) groups excluding carboxylic acids is 1. The van der Waals surface area contributed by atoms with E-state index in [9.17, 15) is 4.79 Å². The Morgan fingerprint density at radius 2 is 2.29 bits per heavy atom. The fourth-order valence-electron chi connectivity index (χ4n) is 2.95. The molecule has 1 aliphatic heterocycles. The topological polar surface area (TPSA) is 62.5 Å². The minimum atomic E-state index is 0.145. The molecule has 1 amide bonds. The van der Waals surface area contributed by atoms with Crippen molar-refractivity contribution in [3.05, 3.63) is 33.6 Å². The SMILES string of the molecule is Cc1cscc1C(=O)N1CC[C@H](N(C)Cc2noc(C(C)C)n2)C1. The Bertz CT molecular complexity index is 709. The van der Waals surface area contributed by atoms with Gasteiger partial charge in [-0.2, -0.15) is 16.3 Å². The van der Waals surface area contributed by atoms with Crippen molar-refractivity contribution < 1.29 is 9.32 Å². The molecule has 0 bridgehead atoms. The van der Waals surface area contributed by atoms with Crippen molar-refractivity contribution in [2.45, 2.75) is 45.7 Å². The van der Waals surface area contributed by atoms with Gasteiger partial charge in [0.05, 0.1) is 12.1 Å². The highest BCUT2D eigenvalue weighted by Gasteiger charge is 2.30. The molecule has 0 saturated carbocycles. The van der Waals surface area contributed by atoms with E-state index < -0.39 is 0 Å². The van der Waals surface area contributed by atoms with Crippen molar-refractivity contribution in [3.8, 4) is 0 Å². The van der Waals surface area contributed by atoms with E-state index >= 15 is 0 Å². The van der Waals surface area contributed by atoms with Gasteiger partial charge in [-0.1, -0.05) is 19.0 Å². The molecule has 2 aromatic heterocycles. The summed E-state index contributed by atoms with van der Waals surface area (Å²) < 4.78 is 5.26. The molecule has 0 N–H and O–H groups in total. The number of carbonyl (C=O) groups is 1. The lowest BCUT2D eigenvalue weighted by Gasteiger charge is -2.23. The van der Waals surface area contributed by atoms with Crippen LogP contribution in [-0.4, -0.2) is 52.0 Å². The lowest BCUT2D eigenvalue weighted by molar-refractivity contribution is 0.0779. The lowest BCUT2D eigenvalue weighted by Crippen LogP contribution is -2.36. The molecule has 0 radical (unpaired) electrons. The van der Waals surface area contributed by atoms with E-state index in [-0.39, 0.29) is 11.8 Å². The zero-order chi connectivity index (χ0) is 17.3. The Morgan fingerprint density at radius 3 is 2.92 bits per heavy atom. The molecule has 1 fully saturated rings. The van der Waals surface area contributed by atoms with E-state index in [1.165, 1.54) is 0 Å². The fourth-order valence-corrected chi connectivity index (χ4v) is 3.78. The van der Waals surface area contributed by atoms with Crippen molar-refractivity contribution in [3.63, 3.8) is 0 Å². The Kier molecular flexibility index (Phi) is 5.01. The average Bonchev–Trinajstić information content (AvgIpc) is 3.26. The molecule has 24 heavy (non-hydrogen) atoms. The summed E-state index contributed by atoms with van der Waals surface area (Å²) in [4.78, 5) is 21.2. The normalized spacial score (nSPS) is 18.1. The van der Waals surface area contributed by atoms with E-state index in [0.717, 1.165) is 30.6 Å². The summed E-state index contributed by atoms with van der Waals surface area (Å²) >= 11 is 1.58. The number of likely N-dealkylation sites (tertiary alicyclic amines) is 1. The van der Waals surface area contributed by atoms with Gasteiger partial charge in [-0.15, -0.1) is 0 Å². The smallest absolute Gasteiger partial charge is 0.255 e. The number of aryl methyl sites for hydroxylation is 1. The second-order valence-electron chi connectivity index (χ2n) is 6.78. The molecule has 1 aliphatic rings. The van der Waals surface area contributed by atoms with Crippen LogP contribution >= 0.6 is 11.3 Å². The first-order chi connectivity index (χ1) is 11.5. The minimum Gasteiger partial charge on any atom is -0.339 e. The van der Waals surface area contributed by atoms with E-state index in [4.69, 9.17) is 4.52 Å². The molecule has 0 aliphatic carbocycles.